The van der Waals surface area contributed by atoms with Gasteiger partial charge >= 0.3 is 5.97 Å². The van der Waals surface area contributed by atoms with Gasteiger partial charge in [0.15, 0.2) is 0 Å². The maximum atomic E-state index is 11.4. The van der Waals surface area contributed by atoms with Gasteiger partial charge in [-0.3, -0.25) is 0 Å². The molecule has 3 nitrogen and oxygen atoms in total. The number of carbonyl (C=O) groups excluding carboxylic acids is 2. The largest absolute Gasteiger partial charge is 0.454 e. The highest BCUT2D eigenvalue weighted by atomic mass is 16.5. The number of ketones is 1. The molecule has 88 valence electrons. The Labute approximate surface area is 96.2 Å². The normalized spacial score (nSPS) is 22.1. The highest BCUT2D eigenvalue weighted by molar-refractivity contribution is 5.91. The number of carbonyl (C=O) groups is 2. The molecule has 0 aromatic carbocycles. The molecule has 1 aliphatic heterocycles. The maximum absolute atomic E-state index is 11.4. The Balaban J connectivity index is 2.54. The molecule has 1 atom stereocenters. The highest BCUT2D eigenvalue weighted by Gasteiger charge is 2.26. The fraction of sp³-hybridized carbons (Fsp3) is 0.538. The third-order valence-corrected chi connectivity index (χ3v) is 2.35. The molecule has 0 amide bonds. The number of ether oxygens (including phenoxy) is 1. The second kappa shape index (κ2) is 5.64. The zero-order valence-electron chi connectivity index (χ0n) is 10.1. The van der Waals surface area contributed by atoms with Crippen LogP contribution in [-0.4, -0.2) is 17.9 Å². The number of hydrogen-bond acceptors (Lipinski definition) is 3. The number of Topliss-reactive ketones (excluding diaryl/α,β-unsaturated/α-hetero) is 1. The van der Waals surface area contributed by atoms with Crippen molar-refractivity contribution in [1.29, 1.82) is 0 Å². The number of hydrogen-bond donors (Lipinski definition) is 0. The zero-order valence-corrected chi connectivity index (χ0v) is 10.1. The number of allylic oxidation sites excluding steroid dienone is 2. The molecule has 0 saturated carbocycles. The van der Waals surface area contributed by atoms with Crippen molar-refractivity contribution in [3.63, 3.8) is 0 Å². The van der Waals surface area contributed by atoms with E-state index in [4.69, 9.17) is 4.74 Å². The molecule has 1 fully saturated rings. The Morgan fingerprint density at radius 3 is 2.69 bits per heavy atom. The van der Waals surface area contributed by atoms with Crippen LogP contribution in [-0.2, 0) is 14.3 Å². The summed E-state index contributed by atoms with van der Waals surface area (Å²) in [5, 5.41) is 0. The average molecular weight is 222 g/mol. The summed E-state index contributed by atoms with van der Waals surface area (Å²) in [4.78, 5) is 22.2. The third-order valence-electron chi connectivity index (χ3n) is 2.35. The Morgan fingerprint density at radius 2 is 2.12 bits per heavy atom. The molecule has 0 radical (unpaired) electrons. The summed E-state index contributed by atoms with van der Waals surface area (Å²) in [6.45, 7) is 5.51. The third kappa shape index (κ3) is 4.01. The minimum absolute atomic E-state index is 0.124. The van der Waals surface area contributed by atoms with E-state index in [1.165, 1.54) is 0 Å². The highest BCUT2D eigenvalue weighted by Crippen LogP contribution is 2.22. The first kappa shape index (κ1) is 12.7. The average Bonchev–Trinajstić information content (AvgIpc) is 2.45. The van der Waals surface area contributed by atoms with Gasteiger partial charge in [-0.25, -0.2) is 4.79 Å². The van der Waals surface area contributed by atoms with E-state index < -0.39 is 0 Å². The summed E-state index contributed by atoms with van der Waals surface area (Å²) in [7, 11) is 0. The van der Waals surface area contributed by atoms with Crippen molar-refractivity contribution < 1.29 is 14.3 Å². The Morgan fingerprint density at radius 1 is 1.44 bits per heavy atom. The van der Waals surface area contributed by atoms with Gasteiger partial charge in [0.2, 0.25) is 0 Å². The molecule has 0 spiro atoms. The van der Waals surface area contributed by atoms with Crippen molar-refractivity contribution in [3.8, 4) is 0 Å². The quantitative estimate of drug-likeness (QED) is 0.417. The van der Waals surface area contributed by atoms with E-state index >= 15 is 0 Å². The lowest BCUT2D eigenvalue weighted by Crippen LogP contribution is -2.02. The number of cyclic esters (lactones) is 1. The smallest absolute Gasteiger partial charge is 0.334 e. The molecule has 1 aliphatic rings. The van der Waals surface area contributed by atoms with E-state index in [1.807, 2.05) is 26.0 Å². The monoisotopic (exact) mass is 222 g/mol. The predicted octanol–water partition coefficient (Wildman–Crippen LogP) is 2.56. The molecule has 1 saturated heterocycles. The second-order valence-electron chi connectivity index (χ2n) is 4.36. The Kier molecular flexibility index (Phi) is 4.47. The summed E-state index contributed by atoms with van der Waals surface area (Å²) >= 11 is 0. The maximum Gasteiger partial charge on any atom is 0.334 e. The van der Waals surface area contributed by atoms with Crippen molar-refractivity contribution in [3.05, 3.63) is 23.3 Å². The van der Waals surface area contributed by atoms with Crippen LogP contribution in [0.4, 0.5) is 0 Å². The second-order valence-corrected chi connectivity index (χ2v) is 4.36. The molecule has 0 bridgehead atoms. The molecule has 0 N–H and O–H groups in total. The molecule has 16 heavy (non-hydrogen) atoms. The molecular formula is C13H18O3. The number of esters is 1. The van der Waals surface area contributed by atoms with Gasteiger partial charge in [0.05, 0.1) is 0 Å². The number of rotatable bonds is 4. The van der Waals surface area contributed by atoms with Gasteiger partial charge in [-0.1, -0.05) is 11.6 Å². The van der Waals surface area contributed by atoms with Crippen LogP contribution in [0.3, 0.4) is 0 Å². The Bertz CT molecular complexity index is 346. The zero-order chi connectivity index (χ0) is 12.1. The standard InChI is InChI=1S/C13H18O3/c1-9(2)7-12-8-11(13(15)16-12)6-4-5-10(3)14/h6-7,12H,4-5,8H2,1-3H3/b11-6+/t12-/m0/s1. The molecule has 0 unspecified atom stereocenters. The first-order valence-electron chi connectivity index (χ1n) is 5.53. The minimum Gasteiger partial charge on any atom is -0.454 e. The van der Waals surface area contributed by atoms with Gasteiger partial charge in [0.25, 0.3) is 0 Å². The first-order valence-corrected chi connectivity index (χ1v) is 5.53. The lowest BCUT2D eigenvalue weighted by Gasteiger charge is -2.01. The van der Waals surface area contributed by atoms with Gasteiger partial charge < -0.3 is 9.53 Å². The Hall–Kier alpha value is -1.38. The van der Waals surface area contributed by atoms with Crippen LogP contribution in [0.5, 0.6) is 0 Å². The van der Waals surface area contributed by atoms with Crippen molar-refractivity contribution in [2.45, 2.75) is 46.1 Å². The summed E-state index contributed by atoms with van der Waals surface area (Å²) in [6.07, 6.45) is 5.39. The van der Waals surface area contributed by atoms with Crippen LogP contribution in [0.1, 0.15) is 40.0 Å². The van der Waals surface area contributed by atoms with Gasteiger partial charge in [-0.2, -0.15) is 0 Å². The van der Waals surface area contributed by atoms with Crippen molar-refractivity contribution >= 4 is 11.8 Å². The van der Waals surface area contributed by atoms with Crippen LogP contribution in [0.15, 0.2) is 23.3 Å². The molecule has 0 aromatic rings. The lowest BCUT2D eigenvalue weighted by molar-refractivity contribution is -0.137. The van der Waals surface area contributed by atoms with Crippen LogP contribution in [0.2, 0.25) is 0 Å². The van der Waals surface area contributed by atoms with Crippen LogP contribution < -0.4 is 0 Å². The van der Waals surface area contributed by atoms with E-state index in [0.717, 1.165) is 5.57 Å². The summed E-state index contributed by atoms with van der Waals surface area (Å²) in [6, 6.07) is 0. The van der Waals surface area contributed by atoms with E-state index in [1.54, 1.807) is 6.92 Å². The summed E-state index contributed by atoms with van der Waals surface area (Å²) in [5.41, 5.74) is 1.84. The van der Waals surface area contributed by atoms with E-state index in [0.29, 0.717) is 24.8 Å². The summed E-state index contributed by atoms with van der Waals surface area (Å²) < 4.78 is 5.17. The predicted molar refractivity (Wildman–Crippen MR) is 61.9 cm³/mol. The van der Waals surface area contributed by atoms with Crippen molar-refractivity contribution in [2.24, 2.45) is 0 Å². The fourth-order valence-corrected chi connectivity index (χ4v) is 1.64. The molecule has 0 aromatic heterocycles. The molecule has 1 rings (SSSR count). The van der Waals surface area contributed by atoms with E-state index in [2.05, 4.69) is 0 Å². The van der Waals surface area contributed by atoms with Gasteiger partial charge in [-0.05, 0) is 33.3 Å². The molecule has 1 heterocycles. The topological polar surface area (TPSA) is 43.4 Å². The van der Waals surface area contributed by atoms with Gasteiger partial charge in [-0.15, -0.1) is 0 Å². The SMILES string of the molecule is CC(=O)CC/C=C1\C[C@H](C=C(C)C)OC1=O. The summed E-state index contributed by atoms with van der Waals surface area (Å²) in [5.74, 6) is -0.102. The van der Waals surface area contributed by atoms with Gasteiger partial charge in [0, 0.05) is 18.4 Å². The molecule has 0 aliphatic carbocycles. The fourth-order valence-electron chi connectivity index (χ4n) is 1.64. The van der Waals surface area contributed by atoms with E-state index in [-0.39, 0.29) is 17.9 Å². The first-order chi connectivity index (χ1) is 7.49. The molecule has 3 heteroatoms. The van der Waals surface area contributed by atoms with Crippen molar-refractivity contribution in [2.75, 3.05) is 0 Å². The molecular weight excluding hydrogens is 204 g/mol. The van der Waals surface area contributed by atoms with Crippen LogP contribution >= 0.6 is 0 Å². The minimum atomic E-state index is -0.244. The lowest BCUT2D eigenvalue weighted by atomic mass is 10.1. The van der Waals surface area contributed by atoms with Crippen LogP contribution in [0.25, 0.3) is 0 Å². The van der Waals surface area contributed by atoms with Crippen molar-refractivity contribution in [1.82, 2.24) is 0 Å². The van der Waals surface area contributed by atoms with Gasteiger partial charge in [0.1, 0.15) is 11.9 Å². The van der Waals surface area contributed by atoms with E-state index in [9.17, 15) is 9.59 Å². The van der Waals surface area contributed by atoms with Crippen LogP contribution in [0, 0.1) is 0 Å².